The molecule has 0 unspecified atom stereocenters. The molecule has 28 heavy (non-hydrogen) atoms. The van der Waals surface area contributed by atoms with Gasteiger partial charge in [0.1, 0.15) is 11.5 Å². The third-order valence-electron chi connectivity index (χ3n) is 6.20. The Bertz CT molecular complexity index is 786. The summed E-state index contributed by atoms with van der Waals surface area (Å²) in [6.45, 7) is 0.799. The second-order valence-corrected chi connectivity index (χ2v) is 8.10. The first-order chi connectivity index (χ1) is 13.7. The molecule has 2 aromatic rings. The summed E-state index contributed by atoms with van der Waals surface area (Å²) in [5.74, 6) is 2.09. The van der Waals surface area contributed by atoms with Crippen molar-refractivity contribution < 1.29 is 9.53 Å². The molecule has 0 aromatic heterocycles. The first-order valence-electron chi connectivity index (χ1n) is 10.6. The van der Waals surface area contributed by atoms with Crippen LogP contribution in [0.1, 0.15) is 56.6 Å². The van der Waals surface area contributed by atoms with Crippen molar-refractivity contribution in [3.05, 3.63) is 60.2 Å². The van der Waals surface area contributed by atoms with Gasteiger partial charge in [-0.3, -0.25) is 4.79 Å². The summed E-state index contributed by atoms with van der Waals surface area (Å²) in [5, 5.41) is 0. The highest BCUT2D eigenvalue weighted by Crippen LogP contribution is 2.36. The van der Waals surface area contributed by atoms with E-state index in [0.29, 0.717) is 5.92 Å². The lowest BCUT2D eigenvalue weighted by molar-refractivity contribution is -0.135. The summed E-state index contributed by atoms with van der Waals surface area (Å²) >= 11 is 0. The van der Waals surface area contributed by atoms with E-state index in [1.54, 1.807) is 0 Å². The number of para-hydroxylation sites is 1. The standard InChI is InChI=1S/C24H30N2O2/c25-23(18-9-3-1-4-10-18)24(27)26-16-8-15-22(26)19-11-7-14-21(17-19)28-20-12-5-2-6-13-20/h2,5-7,11-14,17-18,22-23H,1,3-4,8-10,15-16,25H2/t22-,23-/m0/s1. The number of ether oxygens (including phenoxy) is 1. The maximum atomic E-state index is 13.2. The van der Waals surface area contributed by atoms with Crippen LogP contribution in [0.5, 0.6) is 11.5 Å². The van der Waals surface area contributed by atoms with E-state index in [2.05, 4.69) is 12.1 Å². The molecule has 1 aliphatic heterocycles. The Morgan fingerprint density at radius 1 is 0.929 bits per heavy atom. The molecular weight excluding hydrogens is 348 g/mol. The average Bonchev–Trinajstić information content (AvgIpc) is 3.24. The summed E-state index contributed by atoms with van der Waals surface area (Å²) in [5.41, 5.74) is 7.56. The van der Waals surface area contributed by atoms with Crippen LogP contribution in [0.3, 0.4) is 0 Å². The largest absolute Gasteiger partial charge is 0.457 e. The number of carbonyl (C=O) groups is 1. The Balaban J connectivity index is 1.48. The van der Waals surface area contributed by atoms with Gasteiger partial charge in [-0.15, -0.1) is 0 Å². The predicted molar refractivity (Wildman–Crippen MR) is 111 cm³/mol. The lowest BCUT2D eigenvalue weighted by atomic mass is 9.83. The van der Waals surface area contributed by atoms with Gasteiger partial charge in [0.15, 0.2) is 0 Å². The van der Waals surface area contributed by atoms with E-state index < -0.39 is 0 Å². The Labute approximate surface area is 167 Å². The summed E-state index contributed by atoms with van der Waals surface area (Å²) in [6, 6.07) is 17.7. The van der Waals surface area contributed by atoms with E-state index in [1.165, 1.54) is 19.3 Å². The van der Waals surface area contributed by atoms with Gasteiger partial charge in [-0.05, 0) is 61.4 Å². The van der Waals surface area contributed by atoms with Gasteiger partial charge in [-0.1, -0.05) is 49.6 Å². The molecule has 4 rings (SSSR count). The molecule has 0 bridgehead atoms. The number of likely N-dealkylation sites (tertiary alicyclic amines) is 1. The van der Waals surface area contributed by atoms with Gasteiger partial charge in [0, 0.05) is 6.54 Å². The van der Waals surface area contributed by atoms with Gasteiger partial charge in [0.25, 0.3) is 0 Å². The van der Waals surface area contributed by atoms with Crippen molar-refractivity contribution in [1.29, 1.82) is 0 Å². The Kier molecular flexibility index (Phi) is 5.96. The van der Waals surface area contributed by atoms with Crippen LogP contribution in [0, 0.1) is 5.92 Å². The zero-order valence-corrected chi connectivity index (χ0v) is 16.4. The fraction of sp³-hybridized carbons (Fsp3) is 0.458. The van der Waals surface area contributed by atoms with Gasteiger partial charge in [0.2, 0.25) is 5.91 Å². The van der Waals surface area contributed by atoms with Crippen LogP contribution in [-0.4, -0.2) is 23.4 Å². The van der Waals surface area contributed by atoms with Crippen LogP contribution in [0.4, 0.5) is 0 Å². The van der Waals surface area contributed by atoms with Crippen LogP contribution >= 0.6 is 0 Å². The molecule has 0 spiro atoms. The number of hydrogen-bond donors (Lipinski definition) is 1. The number of rotatable bonds is 5. The van der Waals surface area contributed by atoms with Gasteiger partial charge < -0.3 is 15.4 Å². The first-order valence-corrected chi connectivity index (χ1v) is 10.6. The molecule has 0 radical (unpaired) electrons. The average molecular weight is 379 g/mol. The van der Waals surface area contributed by atoms with E-state index in [4.69, 9.17) is 10.5 Å². The van der Waals surface area contributed by atoms with E-state index in [0.717, 1.165) is 49.3 Å². The number of nitrogens with two attached hydrogens (primary N) is 1. The molecule has 4 heteroatoms. The van der Waals surface area contributed by atoms with Crippen LogP contribution in [0.15, 0.2) is 54.6 Å². The van der Waals surface area contributed by atoms with E-state index in [-0.39, 0.29) is 18.0 Å². The minimum absolute atomic E-state index is 0.0986. The zero-order chi connectivity index (χ0) is 19.3. The lowest BCUT2D eigenvalue weighted by Crippen LogP contribution is -2.47. The van der Waals surface area contributed by atoms with Gasteiger partial charge in [-0.2, -0.15) is 0 Å². The van der Waals surface area contributed by atoms with Crippen molar-refractivity contribution in [2.24, 2.45) is 11.7 Å². The predicted octanol–water partition coefficient (Wildman–Crippen LogP) is 5.05. The van der Waals surface area contributed by atoms with Crippen LogP contribution in [0.25, 0.3) is 0 Å². The summed E-state index contributed by atoms with van der Waals surface area (Å²) in [4.78, 5) is 15.2. The molecule has 1 saturated carbocycles. The Hall–Kier alpha value is -2.33. The Morgan fingerprint density at radius 2 is 1.68 bits per heavy atom. The number of benzene rings is 2. The van der Waals surface area contributed by atoms with E-state index >= 15 is 0 Å². The zero-order valence-electron chi connectivity index (χ0n) is 16.4. The van der Waals surface area contributed by atoms with Crippen molar-refractivity contribution in [2.75, 3.05) is 6.54 Å². The van der Waals surface area contributed by atoms with Gasteiger partial charge >= 0.3 is 0 Å². The van der Waals surface area contributed by atoms with Crippen molar-refractivity contribution >= 4 is 5.91 Å². The monoisotopic (exact) mass is 378 g/mol. The molecule has 1 saturated heterocycles. The first kappa shape index (κ1) is 19.0. The van der Waals surface area contributed by atoms with Crippen LogP contribution in [0.2, 0.25) is 0 Å². The second kappa shape index (κ2) is 8.78. The molecule has 2 atom stereocenters. The molecule has 1 heterocycles. The molecule has 2 aliphatic rings. The molecule has 4 nitrogen and oxygen atoms in total. The van der Waals surface area contributed by atoms with Crippen molar-refractivity contribution in [3.63, 3.8) is 0 Å². The van der Waals surface area contributed by atoms with Crippen molar-refractivity contribution in [1.82, 2.24) is 4.90 Å². The number of carbonyl (C=O) groups excluding carboxylic acids is 1. The highest BCUT2D eigenvalue weighted by atomic mass is 16.5. The van der Waals surface area contributed by atoms with Crippen molar-refractivity contribution in [3.8, 4) is 11.5 Å². The smallest absolute Gasteiger partial charge is 0.240 e. The van der Waals surface area contributed by atoms with Gasteiger partial charge in [0.05, 0.1) is 12.1 Å². The summed E-state index contributed by atoms with van der Waals surface area (Å²) < 4.78 is 5.99. The summed E-state index contributed by atoms with van der Waals surface area (Å²) in [7, 11) is 0. The molecule has 2 N–H and O–H groups in total. The van der Waals surface area contributed by atoms with E-state index in [1.807, 2.05) is 47.4 Å². The topological polar surface area (TPSA) is 55.6 Å². The third-order valence-corrected chi connectivity index (χ3v) is 6.20. The van der Waals surface area contributed by atoms with E-state index in [9.17, 15) is 4.79 Å². The van der Waals surface area contributed by atoms with Gasteiger partial charge in [-0.25, -0.2) is 0 Å². The quantitative estimate of drug-likeness (QED) is 0.792. The van der Waals surface area contributed by atoms with Crippen LogP contribution in [-0.2, 0) is 4.79 Å². The van der Waals surface area contributed by atoms with Crippen LogP contribution < -0.4 is 10.5 Å². The number of nitrogens with zero attached hydrogens (tertiary/aromatic N) is 1. The fourth-order valence-electron chi connectivity index (χ4n) is 4.67. The maximum absolute atomic E-state index is 13.2. The van der Waals surface area contributed by atoms with Crippen molar-refractivity contribution in [2.45, 2.75) is 57.0 Å². The number of hydrogen-bond acceptors (Lipinski definition) is 3. The maximum Gasteiger partial charge on any atom is 0.240 e. The molecule has 1 amide bonds. The summed E-state index contributed by atoms with van der Waals surface area (Å²) in [6.07, 6.45) is 7.87. The molecular formula is C24H30N2O2. The normalized spacial score (nSPS) is 21.5. The molecule has 148 valence electrons. The lowest BCUT2D eigenvalue weighted by Gasteiger charge is -2.32. The number of amides is 1. The minimum atomic E-state index is -0.357. The fourth-order valence-corrected chi connectivity index (χ4v) is 4.67. The second-order valence-electron chi connectivity index (χ2n) is 8.10. The SMILES string of the molecule is N[C@H](C(=O)N1CCC[C@H]1c1cccc(Oc2ccccc2)c1)C1CCCCC1. The third kappa shape index (κ3) is 4.22. The molecule has 1 aliphatic carbocycles. The minimum Gasteiger partial charge on any atom is -0.457 e. The Morgan fingerprint density at radius 3 is 2.46 bits per heavy atom. The highest BCUT2D eigenvalue weighted by molar-refractivity contribution is 5.82. The molecule has 2 fully saturated rings. The molecule has 2 aromatic carbocycles. The highest BCUT2D eigenvalue weighted by Gasteiger charge is 2.36.